The normalized spacial score (nSPS) is 11.1. The van der Waals surface area contributed by atoms with E-state index in [0.717, 1.165) is 48.0 Å². The van der Waals surface area contributed by atoms with Gasteiger partial charge in [-0.1, -0.05) is 61.0 Å². The summed E-state index contributed by atoms with van der Waals surface area (Å²) in [4.78, 5) is 11.7. The van der Waals surface area contributed by atoms with Crippen molar-refractivity contribution in [3.8, 4) is 22.4 Å². The van der Waals surface area contributed by atoms with Crippen molar-refractivity contribution in [2.45, 2.75) is 39.0 Å². The first kappa shape index (κ1) is 22.1. The minimum atomic E-state index is 0.0797. The summed E-state index contributed by atoms with van der Waals surface area (Å²) in [6.07, 6.45) is 3.99. The average Bonchev–Trinajstić information content (AvgIpc) is 3.24. The molecule has 2 aromatic heterocycles. The van der Waals surface area contributed by atoms with Crippen LogP contribution in [0.25, 0.3) is 27.9 Å². The number of hydrogen-bond acceptors (Lipinski definition) is 2. The molecule has 0 spiro atoms. The molecule has 0 atom stereocenters. The first-order valence-corrected chi connectivity index (χ1v) is 11.6. The molecular weight excluding hydrogens is 418 g/mol. The van der Waals surface area contributed by atoms with Gasteiger partial charge < -0.3 is 5.32 Å². The number of benzene rings is 2. The molecule has 2 aromatic carbocycles. The molecule has 0 fully saturated rings. The average molecular weight is 446 g/mol. The maximum Gasteiger partial charge on any atom is 0.219 e. The number of fused-ring (bicyclic) bond motifs is 1. The number of aryl methyl sites for hydroxylation is 1. The molecule has 5 heteroatoms. The summed E-state index contributed by atoms with van der Waals surface area (Å²) in [6, 6.07) is 22.7. The molecule has 164 valence electrons. The topological polar surface area (TPSA) is 46.4 Å². The van der Waals surface area contributed by atoms with E-state index in [4.69, 9.17) is 16.7 Å². The second-order valence-electron chi connectivity index (χ2n) is 7.93. The number of carbonyl (C=O) groups excluding carboxylic acids is 1. The SMILES string of the molecule is CCc1ccc2c(-c3cccc(Cl)c3)c(CCCCC(=O)NC)c(-c3ccccc3)nn12. The predicted octanol–water partition coefficient (Wildman–Crippen LogP) is 6.34. The van der Waals surface area contributed by atoms with Crippen molar-refractivity contribution in [1.82, 2.24) is 14.9 Å². The monoisotopic (exact) mass is 445 g/mol. The Labute approximate surface area is 194 Å². The molecule has 0 radical (unpaired) electrons. The van der Waals surface area contributed by atoms with Gasteiger partial charge in [0, 0.05) is 35.3 Å². The molecule has 4 nitrogen and oxygen atoms in total. The Morgan fingerprint density at radius 1 is 1.00 bits per heavy atom. The molecule has 32 heavy (non-hydrogen) atoms. The van der Waals surface area contributed by atoms with Crippen LogP contribution in [0.1, 0.15) is 37.4 Å². The number of rotatable bonds is 8. The molecule has 4 rings (SSSR count). The van der Waals surface area contributed by atoms with Crippen LogP contribution in [0, 0.1) is 0 Å². The van der Waals surface area contributed by atoms with Crippen LogP contribution >= 0.6 is 11.6 Å². The number of aromatic nitrogens is 2. The van der Waals surface area contributed by atoms with Gasteiger partial charge >= 0.3 is 0 Å². The first-order chi connectivity index (χ1) is 15.6. The molecule has 0 aliphatic rings. The number of carbonyl (C=O) groups is 1. The van der Waals surface area contributed by atoms with Crippen LogP contribution in [0.2, 0.25) is 5.02 Å². The zero-order valence-electron chi connectivity index (χ0n) is 18.6. The number of unbranched alkanes of at least 4 members (excludes halogenated alkanes) is 1. The van der Waals surface area contributed by atoms with E-state index in [1.165, 1.54) is 16.8 Å². The van der Waals surface area contributed by atoms with Crippen molar-refractivity contribution in [1.29, 1.82) is 0 Å². The summed E-state index contributed by atoms with van der Waals surface area (Å²) in [5, 5.41) is 8.54. The van der Waals surface area contributed by atoms with Gasteiger partial charge in [-0.15, -0.1) is 0 Å². The van der Waals surface area contributed by atoms with E-state index >= 15 is 0 Å². The Morgan fingerprint density at radius 3 is 2.50 bits per heavy atom. The fourth-order valence-electron chi connectivity index (χ4n) is 4.23. The number of amides is 1. The number of hydrogen-bond donors (Lipinski definition) is 1. The lowest BCUT2D eigenvalue weighted by Gasteiger charge is -2.18. The van der Waals surface area contributed by atoms with E-state index < -0.39 is 0 Å². The highest BCUT2D eigenvalue weighted by Crippen LogP contribution is 2.37. The second-order valence-corrected chi connectivity index (χ2v) is 8.37. The Hall–Kier alpha value is -3.11. The summed E-state index contributed by atoms with van der Waals surface area (Å²) in [5.41, 5.74) is 7.79. The first-order valence-electron chi connectivity index (χ1n) is 11.2. The number of nitrogens with zero attached hydrogens (tertiary/aromatic N) is 2. The van der Waals surface area contributed by atoms with E-state index in [9.17, 15) is 4.79 Å². The Bertz CT molecular complexity index is 1230. The standard InChI is InChI=1S/C27H28ClN3O/c1-3-22-16-17-24-26(20-12-9-13-21(28)18-20)23(14-7-8-15-25(32)29-2)27(30-31(22)24)19-10-5-4-6-11-19/h4-6,9-13,16-18H,3,7-8,14-15H2,1-2H3,(H,29,32). The molecule has 4 aromatic rings. The third-order valence-electron chi connectivity index (χ3n) is 5.86. The highest BCUT2D eigenvalue weighted by atomic mass is 35.5. The largest absolute Gasteiger partial charge is 0.359 e. The van der Waals surface area contributed by atoms with Crippen LogP contribution in [-0.4, -0.2) is 22.6 Å². The van der Waals surface area contributed by atoms with Crippen LogP contribution in [-0.2, 0) is 17.6 Å². The van der Waals surface area contributed by atoms with Crippen LogP contribution in [0.4, 0.5) is 0 Å². The maximum atomic E-state index is 11.7. The fourth-order valence-corrected chi connectivity index (χ4v) is 4.42. The van der Waals surface area contributed by atoms with Crippen LogP contribution in [0.3, 0.4) is 0 Å². The van der Waals surface area contributed by atoms with Crippen molar-refractivity contribution in [2.75, 3.05) is 7.05 Å². The molecule has 1 amide bonds. The molecule has 0 bridgehead atoms. The zero-order chi connectivity index (χ0) is 22.5. The molecule has 1 N–H and O–H groups in total. The third kappa shape index (κ3) is 4.56. The molecule has 0 unspecified atom stereocenters. The van der Waals surface area contributed by atoms with E-state index in [1.54, 1.807) is 7.05 Å². The Morgan fingerprint density at radius 2 is 1.78 bits per heavy atom. The van der Waals surface area contributed by atoms with Crippen molar-refractivity contribution < 1.29 is 4.79 Å². The Balaban J connectivity index is 1.91. The summed E-state index contributed by atoms with van der Waals surface area (Å²) in [5.74, 6) is 0.0797. The van der Waals surface area contributed by atoms with Crippen molar-refractivity contribution in [3.05, 3.63) is 83.0 Å². The van der Waals surface area contributed by atoms with Gasteiger partial charge in [0.25, 0.3) is 0 Å². The minimum Gasteiger partial charge on any atom is -0.359 e. The van der Waals surface area contributed by atoms with Crippen LogP contribution in [0.15, 0.2) is 66.7 Å². The van der Waals surface area contributed by atoms with E-state index in [0.29, 0.717) is 11.4 Å². The third-order valence-corrected chi connectivity index (χ3v) is 6.09. The fraction of sp³-hybridized carbons (Fsp3) is 0.259. The van der Waals surface area contributed by atoms with Crippen molar-refractivity contribution in [3.63, 3.8) is 0 Å². The zero-order valence-corrected chi connectivity index (χ0v) is 19.3. The molecule has 2 heterocycles. The quantitative estimate of drug-likeness (QED) is 0.321. The number of halogens is 1. The van der Waals surface area contributed by atoms with Crippen LogP contribution in [0.5, 0.6) is 0 Å². The molecule has 0 saturated carbocycles. The van der Waals surface area contributed by atoms with Gasteiger partial charge in [0.2, 0.25) is 5.91 Å². The van der Waals surface area contributed by atoms with Crippen molar-refractivity contribution >= 4 is 23.0 Å². The smallest absolute Gasteiger partial charge is 0.219 e. The van der Waals surface area contributed by atoms with E-state index in [-0.39, 0.29) is 5.91 Å². The molecule has 0 aliphatic carbocycles. The van der Waals surface area contributed by atoms with Gasteiger partial charge in [-0.05, 0) is 61.1 Å². The number of nitrogens with one attached hydrogen (secondary N) is 1. The summed E-state index contributed by atoms with van der Waals surface area (Å²) in [6.45, 7) is 2.15. The van der Waals surface area contributed by atoms with Crippen molar-refractivity contribution in [2.24, 2.45) is 0 Å². The maximum absolute atomic E-state index is 11.7. The second kappa shape index (κ2) is 10.0. The highest BCUT2D eigenvalue weighted by molar-refractivity contribution is 6.30. The Kier molecular flexibility index (Phi) is 6.91. The van der Waals surface area contributed by atoms with E-state index in [1.807, 2.05) is 36.4 Å². The highest BCUT2D eigenvalue weighted by Gasteiger charge is 2.20. The molecule has 0 saturated heterocycles. The van der Waals surface area contributed by atoms with Gasteiger partial charge in [0.05, 0.1) is 11.2 Å². The lowest BCUT2D eigenvalue weighted by atomic mass is 9.92. The summed E-state index contributed by atoms with van der Waals surface area (Å²) >= 11 is 6.40. The van der Waals surface area contributed by atoms with E-state index in [2.05, 4.69) is 47.1 Å². The van der Waals surface area contributed by atoms with Gasteiger partial charge in [-0.25, -0.2) is 4.52 Å². The van der Waals surface area contributed by atoms with Gasteiger partial charge in [-0.3, -0.25) is 4.79 Å². The minimum absolute atomic E-state index is 0.0797. The van der Waals surface area contributed by atoms with Crippen LogP contribution < -0.4 is 5.32 Å². The lowest BCUT2D eigenvalue weighted by Crippen LogP contribution is -2.17. The summed E-state index contributed by atoms with van der Waals surface area (Å²) < 4.78 is 2.08. The van der Waals surface area contributed by atoms with Gasteiger partial charge in [-0.2, -0.15) is 5.10 Å². The molecule has 0 aliphatic heterocycles. The lowest BCUT2D eigenvalue weighted by molar-refractivity contribution is -0.120. The van der Waals surface area contributed by atoms with Gasteiger partial charge in [0.15, 0.2) is 0 Å². The summed E-state index contributed by atoms with van der Waals surface area (Å²) in [7, 11) is 1.68. The molecular formula is C27H28ClN3O. The predicted molar refractivity (Wildman–Crippen MR) is 132 cm³/mol. The van der Waals surface area contributed by atoms with Gasteiger partial charge in [0.1, 0.15) is 0 Å².